The van der Waals surface area contributed by atoms with E-state index >= 15 is 0 Å². The Morgan fingerprint density at radius 3 is 2.50 bits per heavy atom. The largest absolute Gasteiger partial charge is 0.481 e. The average Bonchev–Trinajstić information content (AvgIpc) is 2.89. The molecule has 4 atom stereocenters. The van der Waals surface area contributed by atoms with Crippen molar-refractivity contribution in [3.63, 3.8) is 0 Å². The van der Waals surface area contributed by atoms with Gasteiger partial charge in [-0.05, 0) is 36.7 Å². The summed E-state index contributed by atoms with van der Waals surface area (Å²) in [4.78, 5) is 11.4. The van der Waals surface area contributed by atoms with Gasteiger partial charge in [0, 0.05) is 5.92 Å². The molecule has 2 heteroatoms. The number of aliphatic carboxylic acids is 1. The van der Waals surface area contributed by atoms with E-state index in [1.807, 2.05) is 18.2 Å². The van der Waals surface area contributed by atoms with Gasteiger partial charge in [0.15, 0.2) is 0 Å². The van der Waals surface area contributed by atoms with Crippen LogP contribution in [0.2, 0.25) is 0 Å². The molecule has 0 heterocycles. The van der Waals surface area contributed by atoms with Gasteiger partial charge < -0.3 is 5.11 Å². The first-order valence-electron chi connectivity index (χ1n) is 6.05. The highest BCUT2D eigenvalue weighted by molar-refractivity contribution is 5.72. The molecule has 0 saturated heterocycles. The molecule has 0 spiro atoms. The molecule has 2 fully saturated rings. The lowest BCUT2D eigenvalue weighted by Gasteiger charge is -2.28. The van der Waals surface area contributed by atoms with E-state index in [0.717, 1.165) is 12.8 Å². The second kappa shape index (κ2) is 3.62. The number of benzene rings is 1. The Balaban J connectivity index is 1.97. The molecular weight excluding hydrogens is 200 g/mol. The summed E-state index contributed by atoms with van der Waals surface area (Å²) in [6, 6.07) is 10.2. The van der Waals surface area contributed by atoms with Crippen molar-refractivity contribution in [2.24, 2.45) is 17.8 Å². The highest BCUT2D eigenvalue weighted by Gasteiger charge is 2.51. The van der Waals surface area contributed by atoms with Gasteiger partial charge in [-0.2, -0.15) is 0 Å². The Morgan fingerprint density at radius 1 is 1.12 bits per heavy atom. The van der Waals surface area contributed by atoms with Crippen LogP contribution < -0.4 is 0 Å². The van der Waals surface area contributed by atoms with E-state index < -0.39 is 5.97 Å². The minimum absolute atomic E-state index is 0.138. The normalized spacial score (nSPS) is 36.5. The molecule has 2 bridgehead atoms. The van der Waals surface area contributed by atoms with Gasteiger partial charge in [0.1, 0.15) is 0 Å². The van der Waals surface area contributed by atoms with Crippen LogP contribution in [0.1, 0.15) is 30.7 Å². The maximum Gasteiger partial charge on any atom is 0.307 e. The number of rotatable bonds is 2. The van der Waals surface area contributed by atoms with Gasteiger partial charge in [-0.15, -0.1) is 0 Å². The maximum absolute atomic E-state index is 11.4. The van der Waals surface area contributed by atoms with Gasteiger partial charge in [-0.3, -0.25) is 4.79 Å². The number of carboxylic acids is 1. The first kappa shape index (κ1) is 9.88. The zero-order chi connectivity index (χ0) is 11.1. The predicted octanol–water partition coefficient (Wildman–Crippen LogP) is 2.90. The summed E-state index contributed by atoms with van der Waals surface area (Å²) in [5.41, 5.74) is 1.22. The summed E-state index contributed by atoms with van der Waals surface area (Å²) >= 11 is 0. The first-order valence-corrected chi connectivity index (χ1v) is 6.05. The van der Waals surface area contributed by atoms with Crippen molar-refractivity contribution in [3.05, 3.63) is 35.9 Å². The van der Waals surface area contributed by atoms with Crippen LogP contribution in [0.4, 0.5) is 0 Å². The second-order valence-corrected chi connectivity index (χ2v) is 5.13. The highest BCUT2D eigenvalue weighted by atomic mass is 16.4. The van der Waals surface area contributed by atoms with Crippen molar-refractivity contribution in [3.8, 4) is 0 Å². The Hall–Kier alpha value is -1.31. The van der Waals surface area contributed by atoms with Crippen LogP contribution in [0.15, 0.2) is 30.3 Å². The molecule has 16 heavy (non-hydrogen) atoms. The molecular formula is C14H16O2. The molecule has 1 aromatic carbocycles. The van der Waals surface area contributed by atoms with Gasteiger partial charge in [0.25, 0.3) is 0 Å². The molecule has 0 aliphatic heterocycles. The minimum atomic E-state index is -0.596. The van der Waals surface area contributed by atoms with E-state index in [9.17, 15) is 9.90 Å². The Kier molecular flexibility index (Phi) is 2.23. The first-order chi connectivity index (χ1) is 7.77. The Morgan fingerprint density at radius 2 is 1.81 bits per heavy atom. The van der Waals surface area contributed by atoms with Gasteiger partial charge in [-0.25, -0.2) is 0 Å². The molecule has 0 amide bonds. The second-order valence-electron chi connectivity index (χ2n) is 5.13. The monoisotopic (exact) mass is 216 g/mol. The van der Waals surface area contributed by atoms with Crippen molar-refractivity contribution in [1.29, 1.82) is 0 Å². The van der Waals surface area contributed by atoms with Crippen LogP contribution >= 0.6 is 0 Å². The molecule has 2 aliphatic carbocycles. The number of hydrogen-bond donors (Lipinski definition) is 1. The van der Waals surface area contributed by atoms with Crippen LogP contribution in [0.5, 0.6) is 0 Å². The predicted molar refractivity (Wildman–Crippen MR) is 61.1 cm³/mol. The zero-order valence-corrected chi connectivity index (χ0v) is 9.17. The average molecular weight is 216 g/mol. The van der Waals surface area contributed by atoms with E-state index in [1.165, 1.54) is 12.0 Å². The van der Waals surface area contributed by atoms with Crippen molar-refractivity contribution < 1.29 is 9.90 Å². The van der Waals surface area contributed by atoms with Gasteiger partial charge in [0.2, 0.25) is 0 Å². The van der Waals surface area contributed by atoms with Crippen LogP contribution in [0.3, 0.4) is 0 Å². The Bertz CT molecular complexity index is 398. The van der Waals surface area contributed by atoms with Gasteiger partial charge >= 0.3 is 5.97 Å². The molecule has 0 unspecified atom stereocenters. The lowest BCUT2D eigenvalue weighted by atomic mass is 9.75. The highest BCUT2D eigenvalue weighted by Crippen LogP contribution is 2.56. The quantitative estimate of drug-likeness (QED) is 0.825. The fourth-order valence-electron chi connectivity index (χ4n) is 3.80. The molecule has 1 N–H and O–H groups in total. The summed E-state index contributed by atoms with van der Waals surface area (Å²) in [6.45, 7) is 0. The topological polar surface area (TPSA) is 37.3 Å². The molecule has 84 valence electrons. The Labute approximate surface area is 95.3 Å². The summed E-state index contributed by atoms with van der Waals surface area (Å²) in [6.07, 6.45) is 3.45. The minimum Gasteiger partial charge on any atom is -0.481 e. The van der Waals surface area contributed by atoms with Gasteiger partial charge in [0.05, 0.1) is 5.92 Å². The van der Waals surface area contributed by atoms with Gasteiger partial charge in [-0.1, -0.05) is 30.3 Å². The lowest BCUT2D eigenvalue weighted by Crippen LogP contribution is -2.27. The van der Waals surface area contributed by atoms with Crippen molar-refractivity contribution >= 4 is 5.97 Å². The molecule has 2 aliphatic rings. The maximum atomic E-state index is 11.4. The van der Waals surface area contributed by atoms with E-state index in [2.05, 4.69) is 12.1 Å². The standard InChI is InChI=1S/C14H16O2/c15-14(16)13-11-7-6-10(8-11)12(13)9-4-2-1-3-5-9/h1-5,10-13H,6-8H2,(H,15,16)/t10-,11-,12+,13+/m0/s1. The third kappa shape index (κ3) is 1.36. The van der Waals surface area contributed by atoms with Crippen LogP contribution in [-0.4, -0.2) is 11.1 Å². The van der Waals surface area contributed by atoms with E-state index in [0.29, 0.717) is 11.8 Å². The molecule has 1 aromatic rings. The molecule has 0 aromatic heterocycles. The third-order valence-electron chi connectivity index (χ3n) is 4.39. The van der Waals surface area contributed by atoms with Crippen molar-refractivity contribution in [2.75, 3.05) is 0 Å². The van der Waals surface area contributed by atoms with E-state index in [-0.39, 0.29) is 11.8 Å². The molecule has 2 nitrogen and oxygen atoms in total. The summed E-state index contributed by atoms with van der Waals surface area (Å²) < 4.78 is 0. The van der Waals surface area contributed by atoms with E-state index in [1.54, 1.807) is 0 Å². The van der Waals surface area contributed by atoms with Crippen LogP contribution in [0, 0.1) is 17.8 Å². The smallest absolute Gasteiger partial charge is 0.307 e. The summed E-state index contributed by atoms with van der Waals surface area (Å²) in [7, 11) is 0. The fraction of sp³-hybridized carbons (Fsp3) is 0.500. The van der Waals surface area contributed by atoms with Crippen LogP contribution in [0.25, 0.3) is 0 Å². The number of carbonyl (C=O) groups is 1. The zero-order valence-electron chi connectivity index (χ0n) is 9.17. The molecule has 3 rings (SSSR count). The van der Waals surface area contributed by atoms with Crippen molar-refractivity contribution in [2.45, 2.75) is 25.2 Å². The van der Waals surface area contributed by atoms with E-state index in [4.69, 9.17) is 0 Å². The number of hydrogen-bond acceptors (Lipinski definition) is 1. The SMILES string of the molecule is O=C(O)[C@@H]1[C@H]2CC[C@@H](C2)[C@H]1c1ccccc1. The summed E-state index contributed by atoms with van der Waals surface area (Å²) in [5.74, 6) is 0.556. The number of fused-ring (bicyclic) bond motifs is 2. The van der Waals surface area contributed by atoms with Crippen LogP contribution in [-0.2, 0) is 4.79 Å². The molecule has 2 saturated carbocycles. The fourth-order valence-corrected chi connectivity index (χ4v) is 3.80. The summed E-state index contributed by atoms with van der Waals surface area (Å²) in [5, 5.41) is 9.37. The van der Waals surface area contributed by atoms with Crippen molar-refractivity contribution in [1.82, 2.24) is 0 Å². The lowest BCUT2D eigenvalue weighted by molar-refractivity contribution is -0.144. The third-order valence-corrected chi connectivity index (χ3v) is 4.39. The number of carboxylic acid groups (broad SMARTS) is 1. The molecule has 0 radical (unpaired) electrons.